The molecule has 35 heavy (non-hydrogen) atoms. The predicted molar refractivity (Wildman–Crippen MR) is 149 cm³/mol. The Morgan fingerprint density at radius 3 is 1.86 bits per heavy atom. The zero-order valence-corrected chi connectivity index (χ0v) is 21.9. The minimum absolute atomic E-state index is 0.205. The first-order valence-electron chi connectivity index (χ1n) is 12.5. The molecule has 0 N–H and O–H groups in total. The normalized spacial score (nSPS) is 15.4. The molecule has 0 saturated heterocycles. The van der Waals surface area contributed by atoms with Crippen molar-refractivity contribution in [1.29, 1.82) is 0 Å². The van der Waals surface area contributed by atoms with Gasteiger partial charge in [0.1, 0.15) is 24.1 Å². The third kappa shape index (κ3) is 4.68. The average molecular weight is 478 g/mol. The molecule has 1 atom stereocenters. The van der Waals surface area contributed by atoms with Crippen molar-refractivity contribution in [2.24, 2.45) is 0 Å². The molecule has 176 valence electrons. The molecule has 0 spiro atoms. The highest BCUT2D eigenvalue weighted by atomic mass is 31.1. The van der Waals surface area contributed by atoms with E-state index in [1.54, 1.807) is 0 Å². The van der Waals surface area contributed by atoms with Gasteiger partial charge in [0.25, 0.3) is 0 Å². The van der Waals surface area contributed by atoms with E-state index in [2.05, 4.69) is 153 Å². The first-order valence-corrected chi connectivity index (χ1v) is 13.9. The van der Waals surface area contributed by atoms with Gasteiger partial charge in [0, 0.05) is 16.4 Å². The fourth-order valence-corrected chi connectivity index (χ4v) is 7.55. The van der Waals surface area contributed by atoms with Crippen LogP contribution >= 0.6 is 7.92 Å². The van der Waals surface area contributed by atoms with Crippen molar-refractivity contribution >= 4 is 18.5 Å². The number of rotatable bonds is 7. The summed E-state index contributed by atoms with van der Waals surface area (Å²) < 4.78 is 4.71. The monoisotopic (exact) mass is 477 g/mol. The van der Waals surface area contributed by atoms with Crippen LogP contribution in [0.5, 0.6) is 0 Å². The summed E-state index contributed by atoms with van der Waals surface area (Å²) in [5.41, 5.74) is 4.12. The summed E-state index contributed by atoms with van der Waals surface area (Å²) in [4.78, 5) is 0. The standard InChI is InChI=1S/C32H34N2P/c1-24(2)28-17-11-18-29(25(3)4)32(28)34-22-21-33(23-34)30-19-12-20-31(30)35(26-13-7-5-8-14-26)27-15-9-6-10-16-27/h5-25,30H,1-4H3/q+1. The quantitative estimate of drug-likeness (QED) is 0.198. The lowest BCUT2D eigenvalue weighted by atomic mass is 9.92. The first kappa shape index (κ1) is 23.5. The van der Waals surface area contributed by atoms with Crippen molar-refractivity contribution in [1.82, 2.24) is 4.57 Å². The molecular formula is C32H34N2P+. The maximum atomic E-state index is 2.37. The predicted octanol–water partition coefficient (Wildman–Crippen LogP) is 7.14. The molecule has 1 aliphatic carbocycles. The van der Waals surface area contributed by atoms with E-state index in [0.717, 1.165) is 0 Å². The smallest absolute Gasteiger partial charge is 0.226 e. The number of aromatic nitrogens is 2. The molecule has 0 amide bonds. The summed E-state index contributed by atoms with van der Waals surface area (Å²) in [7, 11) is -0.624. The van der Waals surface area contributed by atoms with Crippen molar-refractivity contribution < 1.29 is 4.57 Å². The number of hydrogen-bond donors (Lipinski definition) is 0. The van der Waals surface area contributed by atoms with E-state index in [9.17, 15) is 0 Å². The van der Waals surface area contributed by atoms with Crippen LogP contribution < -0.4 is 15.2 Å². The number of hydrogen-bond acceptors (Lipinski definition) is 0. The second-order valence-electron chi connectivity index (χ2n) is 9.79. The molecule has 1 heterocycles. The number of benzene rings is 3. The lowest BCUT2D eigenvalue weighted by molar-refractivity contribution is -0.701. The van der Waals surface area contributed by atoms with Crippen molar-refractivity contribution in [2.75, 3.05) is 0 Å². The van der Waals surface area contributed by atoms with Crippen LogP contribution in [0.3, 0.4) is 0 Å². The van der Waals surface area contributed by atoms with Crippen LogP contribution in [0.25, 0.3) is 5.69 Å². The van der Waals surface area contributed by atoms with Gasteiger partial charge in [0.05, 0.1) is 0 Å². The van der Waals surface area contributed by atoms with Crippen LogP contribution in [0, 0.1) is 0 Å². The van der Waals surface area contributed by atoms with Crippen LogP contribution in [-0.4, -0.2) is 4.57 Å². The molecule has 0 fully saturated rings. The van der Waals surface area contributed by atoms with E-state index in [1.807, 2.05) is 0 Å². The van der Waals surface area contributed by atoms with E-state index in [-0.39, 0.29) is 6.04 Å². The highest BCUT2D eigenvalue weighted by Crippen LogP contribution is 2.49. The fraction of sp³-hybridized carbons (Fsp3) is 0.219. The first-order chi connectivity index (χ1) is 17.0. The van der Waals surface area contributed by atoms with Crippen LogP contribution in [0.1, 0.15) is 56.7 Å². The average Bonchev–Trinajstić information content (AvgIpc) is 3.55. The molecule has 4 aromatic rings. The van der Waals surface area contributed by atoms with Crippen molar-refractivity contribution in [3.63, 3.8) is 0 Å². The molecule has 1 aromatic heterocycles. The molecule has 0 aliphatic heterocycles. The molecule has 5 rings (SSSR count). The number of nitrogens with zero attached hydrogens (tertiary/aromatic N) is 2. The fourth-order valence-electron chi connectivity index (χ4n) is 4.99. The van der Waals surface area contributed by atoms with Crippen LogP contribution in [0.15, 0.2) is 121 Å². The van der Waals surface area contributed by atoms with Gasteiger partial charge in [-0.15, -0.1) is 0 Å². The third-order valence-corrected chi connectivity index (χ3v) is 9.29. The minimum atomic E-state index is -0.624. The lowest BCUT2D eigenvalue weighted by Crippen LogP contribution is -2.37. The van der Waals surface area contributed by atoms with E-state index in [1.165, 1.54) is 32.7 Å². The molecule has 0 saturated carbocycles. The zero-order valence-electron chi connectivity index (χ0n) is 21.0. The van der Waals surface area contributed by atoms with Crippen LogP contribution in [0.4, 0.5) is 0 Å². The van der Waals surface area contributed by atoms with Crippen molar-refractivity contribution in [2.45, 2.75) is 45.6 Å². The molecular weight excluding hydrogens is 443 g/mol. The second kappa shape index (κ2) is 10.2. The Balaban J connectivity index is 1.56. The summed E-state index contributed by atoms with van der Waals surface area (Å²) in [6.07, 6.45) is 13.6. The Morgan fingerprint density at radius 1 is 0.743 bits per heavy atom. The van der Waals surface area contributed by atoms with Crippen molar-refractivity contribution in [3.8, 4) is 5.69 Å². The molecule has 1 unspecified atom stereocenters. The van der Waals surface area contributed by atoms with Gasteiger partial charge in [-0.2, -0.15) is 0 Å². The topological polar surface area (TPSA) is 8.81 Å². The highest BCUT2D eigenvalue weighted by Gasteiger charge is 2.31. The van der Waals surface area contributed by atoms with Gasteiger partial charge in [0.2, 0.25) is 6.33 Å². The Bertz CT molecular complexity index is 1280. The minimum Gasteiger partial charge on any atom is -0.226 e. The summed E-state index contributed by atoms with van der Waals surface area (Å²) in [6.45, 7) is 9.14. The van der Waals surface area contributed by atoms with Gasteiger partial charge in [-0.1, -0.05) is 119 Å². The van der Waals surface area contributed by atoms with E-state index >= 15 is 0 Å². The number of allylic oxidation sites excluding steroid dienone is 4. The summed E-state index contributed by atoms with van der Waals surface area (Å²) in [5, 5.41) is 4.24. The van der Waals surface area contributed by atoms with Crippen LogP contribution in [0.2, 0.25) is 0 Å². The zero-order chi connectivity index (χ0) is 24.4. The Labute approximate surface area is 211 Å². The summed E-state index contributed by atoms with van der Waals surface area (Å²) in [6, 6.07) is 28.9. The van der Waals surface area contributed by atoms with Gasteiger partial charge in [-0.25, -0.2) is 9.13 Å². The molecule has 0 bridgehead atoms. The van der Waals surface area contributed by atoms with E-state index in [0.29, 0.717) is 11.8 Å². The highest BCUT2D eigenvalue weighted by molar-refractivity contribution is 7.76. The molecule has 3 heteroatoms. The number of para-hydroxylation sites is 1. The maximum Gasteiger partial charge on any atom is 0.249 e. The van der Waals surface area contributed by atoms with Gasteiger partial charge >= 0.3 is 0 Å². The van der Waals surface area contributed by atoms with Gasteiger partial charge in [0.15, 0.2) is 0 Å². The number of imidazole rings is 1. The van der Waals surface area contributed by atoms with E-state index < -0.39 is 7.92 Å². The molecule has 0 radical (unpaired) electrons. The summed E-state index contributed by atoms with van der Waals surface area (Å²) >= 11 is 0. The molecule has 3 aromatic carbocycles. The SMILES string of the molecule is CC(C)c1cccc(C(C)C)c1-n1cc[n+](C2C=CC=C2P(c2ccccc2)c2ccccc2)c1. The maximum absolute atomic E-state index is 2.37. The lowest BCUT2D eigenvalue weighted by Gasteiger charge is -2.23. The summed E-state index contributed by atoms with van der Waals surface area (Å²) in [5.74, 6) is 0.927. The van der Waals surface area contributed by atoms with Crippen molar-refractivity contribution in [3.05, 3.63) is 132 Å². The Hall–Kier alpha value is -3.22. The van der Waals surface area contributed by atoms with Gasteiger partial charge in [-0.05, 0) is 36.4 Å². The van der Waals surface area contributed by atoms with Gasteiger partial charge < -0.3 is 0 Å². The molecule has 2 nitrogen and oxygen atoms in total. The Morgan fingerprint density at radius 2 is 1.31 bits per heavy atom. The largest absolute Gasteiger partial charge is 0.249 e. The van der Waals surface area contributed by atoms with E-state index in [4.69, 9.17) is 0 Å². The van der Waals surface area contributed by atoms with Gasteiger partial charge in [-0.3, -0.25) is 0 Å². The Kier molecular flexibility index (Phi) is 6.84. The molecule has 1 aliphatic rings. The van der Waals surface area contributed by atoms with Crippen LogP contribution in [-0.2, 0) is 0 Å². The second-order valence-corrected chi connectivity index (χ2v) is 12.0. The third-order valence-electron chi connectivity index (χ3n) is 6.73.